The highest BCUT2D eigenvalue weighted by molar-refractivity contribution is 5.93. The first kappa shape index (κ1) is 18.0. The molecule has 1 heterocycles. The van der Waals surface area contributed by atoms with Gasteiger partial charge in [0.15, 0.2) is 0 Å². The van der Waals surface area contributed by atoms with Crippen LogP contribution in [-0.2, 0) is 9.53 Å². The highest BCUT2D eigenvalue weighted by atomic mass is 16.5. The van der Waals surface area contributed by atoms with E-state index in [0.29, 0.717) is 24.0 Å². The number of ether oxygens (including phenoxy) is 2. The second-order valence-electron chi connectivity index (χ2n) is 6.29. The van der Waals surface area contributed by atoms with E-state index in [-0.39, 0.29) is 18.3 Å². The summed E-state index contributed by atoms with van der Waals surface area (Å²) in [4.78, 5) is 24.6. The number of aromatic amines is 1. The summed E-state index contributed by atoms with van der Waals surface area (Å²) < 4.78 is 10.3. The van der Waals surface area contributed by atoms with E-state index >= 15 is 0 Å². The van der Waals surface area contributed by atoms with Gasteiger partial charge in [0.25, 0.3) is 5.91 Å². The summed E-state index contributed by atoms with van der Waals surface area (Å²) in [6, 6.07) is 8.51. The Bertz CT molecular complexity index is 783. The summed E-state index contributed by atoms with van der Waals surface area (Å²) in [6.45, 7) is 2.04. The number of hydrogen-bond acceptors (Lipinski definition) is 5. The zero-order chi connectivity index (χ0) is 18.5. The summed E-state index contributed by atoms with van der Waals surface area (Å²) in [5.41, 5.74) is 2.07. The quantitative estimate of drug-likeness (QED) is 0.709. The van der Waals surface area contributed by atoms with Crippen molar-refractivity contribution in [1.82, 2.24) is 15.5 Å². The summed E-state index contributed by atoms with van der Waals surface area (Å²) >= 11 is 0. The predicted octanol–water partition coefficient (Wildman–Crippen LogP) is 2.72. The van der Waals surface area contributed by atoms with Gasteiger partial charge in [0.05, 0.1) is 26.2 Å². The molecule has 7 heteroatoms. The van der Waals surface area contributed by atoms with E-state index in [2.05, 4.69) is 15.5 Å². The standard InChI is InChI=1S/C19H23N3O4/c1-3-26-18(23)11-15(13-5-4-6-14(9-13)25-2)20-19(24)17-10-16(21-22-17)12-7-8-12/h4-6,9-10,12,15H,3,7-8,11H2,1-2H3,(H,20,24)(H,21,22). The summed E-state index contributed by atoms with van der Waals surface area (Å²) in [5.74, 6) is 0.436. The molecule has 1 unspecified atom stereocenters. The van der Waals surface area contributed by atoms with Crippen LogP contribution in [0.1, 0.15) is 59.9 Å². The van der Waals surface area contributed by atoms with E-state index in [1.54, 1.807) is 26.2 Å². The molecule has 1 aliphatic carbocycles. The van der Waals surface area contributed by atoms with Crippen LogP contribution in [0, 0.1) is 0 Å². The van der Waals surface area contributed by atoms with Gasteiger partial charge >= 0.3 is 5.97 Å². The molecule has 1 aromatic carbocycles. The van der Waals surface area contributed by atoms with Crippen LogP contribution >= 0.6 is 0 Å². The third kappa shape index (κ3) is 4.41. The molecule has 1 fully saturated rings. The number of amides is 1. The molecule has 0 radical (unpaired) electrons. The second kappa shape index (κ2) is 8.03. The topological polar surface area (TPSA) is 93.3 Å². The van der Waals surface area contributed by atoms with Crippen molar-refractivity contribution >= 4 is 11.9 Å². The maximum Gasteiger partial charge on any atom is 0.308 e. The molecular weight excluding hydrogens is 334 g/mol. The average molecular weight is 357 g/mol. The molecule has 7 nitrogen and oxygen atoms in total. The van der Waals surface area contributed by atoms with Gasteiger partial charge in [-0.1, -0.05) is 12.1 Å². The smallest absolute Gasteiger partial charge is 0.308 e. The molecule has 138 valence electrons. The average Bonchev–Trinajstić information content (AvgIpc) is 3.38. The van der Waals surface area contributed by atoms with Crippen molar-refractivity contribution in [1.29, 1.82) is 0 Å². The highest BCUT2D eigenvalue weighted by Gasteiger charge is 2.27. The number of methoxy groups -OCH3 is 1. The first-order valence-electron chi connectivity index (χ1n) is 8.76. The van der Waals surface area contributed by atoms with Gasteiger partial charge in [-0.3, -0.25) is 14.7 Å². The Morgan fingerprint density at radius 1 is 1.35 bits per heavy atom. The number of H-pyrrole nitrogens is 1. The number of rotatable bonds is 8. The number of carbonyl (C=O) groups excluding carboxylic acids is 2. The van der Waals surface area contributed by atoms with Gasteiger partial charge in [-0.05, 0) is 43.5 Å². The van der Waals surface area contributed by atoms with Crippen molar-refractivity contribution in [3.8, 4) is 5.75 Å². The molecular formula is C19H23N3O4. The number of benzene rings is 1. The summed E-state index contributed by atoms with van der Waals surface area (Å²) in [5, 5.41) is 9.90. The molecule has 1 atom stereocenters. The maximum atomic E-state index is 12.6. The van der Waals surface area contributed by atoms with Crippen LogP contribution in [0.2, 0.25) is 0 Å². The minimum atomic E-state index is -0.530. The number of nitrogens with one attached hydrogen (secondary N) is 2. The first-order valence-corrected chi connectivity index (χ1v) is 8.76. The van der Waals surface area contributed by atoms with Gasteiger partial charge in [-0.15, -0.1) is 0 Å². The van der Waals surface area contributed by atoms with Crippen molar-refractivity contribution in [2.75, 3.05) is 13.7 Å². The molecule has 0 aliphatic heterocycles. The first-order chi connectivity index (χ1) is 12.6. The molecule has 1 aliphatic rings. The van der Waals surface area contributed by atoms with Crippen molar-refractivity contribution in [3.63, 3.8) is 0 Å². The van der Waals surface area contributed by atoms with Gasteiger partial charge < -0.3 is 14.8 Å². The number of nitrogens with zero attached hydrogens (tertiary/aromatic N) is 1. The fourth-order valence-corrected chi connectivity index (χ4v) is 2.79. The molecule has 3 rings (SSSR count). The van der Waals surface area contributed by atoms with E-state index in [9.17, 15) is 9.59 Å². The van der Waals surface area contributed by atoms with Gasteiger partial charge in [-0.2, -0.15) is 5.10 Å². The lowest BCUT2D eigenvalue weighted by molar-refractivity contribution is -0.143. The fourth-order valence-electron chi connectivity index (χ4n) is 2.79. The predicted molar refractivity (Wildman–Crippen MR) is 95.0 cm³/mol. The van der Waals surface area contributed by atoms with Crippen molar-refractivity contribution in [2.24, 2.45) is 0 Å². The van der Waals surface area contributed by atoms with Crippen molar-refractivity contribution in [3.05, 3.63) is 47.3 Å². The lowest BCUT2D eigenvalue weighted by Crippen LogP contribution is -2.31. The van der Waals surface area contributed by atoms with Crippen molar-refractivity contribution in [2.45, 2.75) is 38.1 Å². The van der Waals surface area contributed by atoms with Crippen LogP contribution in [-0.4, -0.2) is 35.8 Å². The zero-order valence-electron chi connectivity index (χ0n) is 15.0. The molecule has 1 aromatic heterocycles. The zero-order valence-corrected chi connectivity index (χ0v) is 15.0. The minimum absolute atomic E-state index is 0.0344. The third-order valence-corrected chi connectivity index (χ3v) is 4.33. The van der Waals surface area contributed by atoms with E-state index in [1.807, 2.05) is 18.2 Å². The normalized spacial score (nSPS) is 14.5. The maximum absolute atomic E-state index is 12.6. The van der Waals surface area contributed by atoms with Gasteiger partial charge in [-0.25, -0.2) is 0 Å². The Kier molecular flexibility index (Phi) is 5.55. The highest BCUT2D eigenvalue weighted by Crippen LogP contribution is 2.39. The molecule has 2 aromatic rings. The number of carbonyl (C=O) groups is 2. The van der Waals surface area contributed by atoms with Crippen LogP contribution in [0.4, 0.5) is 0 Å². The minimum Gasteiger partial charge on any atom is -0.497 e. The Balaban J connectivity index is 1.76. The summed E-state index contributed by atoms with van der Waals surface area (Å²) in [7, 11) is 1.57. The summed E-state index contributed by atoms with van der Waals surface area (Å²) in [6.07, 6.45) is 2.28. The number of esters is 1. The van der Waals surface area contributed by atoms with Gasteiger partial charge in [0.1, 0.15) is 11.4 Å². The molecule has 2 N–H and O–H groups in total. The second-order valence-corrected chi connectivity index (χ2v) is 6.29. The Morgan fingerprint density at radius 2 is 2.15 bits per heavy atom. The molecule has 0 spiro atoms. The molecule has 0 bridgehead atoms. The van der Waals surface area contributed by atoms with Crippen LogP contribution in [0.15, 0.2) is 30.3 Å². The van der Waals surface area contributed by atoms with Crippen LogP contribution in [0.5, 0.6) is 5.75 Å². The SMILES string of the molecule is CCOC(=O)CC(NC(=O)c1cc(C2CC2)[nH]n1)c1cccc(OC)c1. The third-order valence-electron chi connectivity index (χ3n) is 4.33. The molecule has 26 heavy (non-hydrogen) atoms. The Hall–Kier alpha value is -2.83. The number of aromatic nitrogens is 2. The number of hydrogen-bond donors (Lipinski definition) is 2. The van der Waals surface area contributed by atoms with Crippen LogP contribution < -0.4 is 10.1 Å². The van der Waals surface area contributed by atoms with E-state index in [0.717, 1.165) is 24.1 Å². The van der Waals surface area contributed by atoms with Crippen LogP contribution in [0.25, 0.3) is 0 Å². The van der Waals surface area contributed by atoms with E-state index in [4.69, 9.17) is 9.47 Å². The van der Waals surface area contributed by atoms with Gasteiger partial charge in [0, 0.05) is 11.6 Å². The lowest BCUT2D eigenvalue weighted by Gasteiger charge is -2.18. The fraction of sp³-hybridized carbons (Fsp3) is 0.421. The van der Waals surface area contributed by atoms with E-state index < -0.39 is 6.04 Å². The monoisotopic (exact) mass is 357 g/mol. The van der Waals surface area contributed by atoms with E-state index in [1.165, 1.54) is 0 Å². The Morgan fingerprint density at radius 3 is 2.85 bits per heavy atom. The molecule has 0 saturated heterocycles. The molecule has 1 saturated carbocycles. The Labute approximate surface area is 152 Å². The lowest BCUT2D eigenvalue weighted by atomic mass is 10.0. The van der Waals surface area contributed by atoms with Crippen molar-refractivity contribution < 1.29 is 19.1 Å². The van der Waals surface area contributed by atoms with Gasteiger partial charge in [0.2, 0.25) is 0 Å². The molecule has 1 amide bonds. The van der Waals surface area contributed by atoms with Crippen LogP contribution in [0.3, 0.4) is 0 Å². The largest absolute Gasteiger partial charge is 0.497 e.